The van der Waals surface area contributed by atoms with Crippen molar-refractivity contribution in [2.75, 3.05) is 14.1 Å². The maximum Gasteiger partial charge on any atom is 0.208 e. The van der Waals surface area contributed by atoms with E-state index in [-0.39, 0.29) is 0 Å². The second kappa shape index (κ2) is 5.80. The fourth-order valence-corrected chi connectivity index (χ4v) is 1.37. The van der Waals surface area contributed by atoms with E-state index in [1.165, 1.54) is 0 Å². The molecular formula is C9H22N4. The monoisotopic (exact) mass is 186 g/mol. The van der Waals surface area contributed by atoms with Crippen LogP contribution in [0.3, 0.4) is 0 Å². The normalized spacial score (nSPS) is 14.5. The lowest BCUT2D eigenvalue weighted by atomic mass is 10.0. The summed E-state index contributed by atoms with van der Waals surface area (Å²) in [4.78, 5) is 6.10. The molecule has 13 heavy (non-hydrogen) atoms. The van der Waals surface area contributed by atoms with E-state index in [0.717, 1.165) is 12.4 Å². The minimum Gasteiger partial charge on any atom is -0.342 e. The number of nitrogens with one attached hydrogen (secondary N) is 1. The number of hydrogen-bond donors (Lipinski definition) is 2. The Morgan fingerprint density at radius 3 is 2.31 bits per heavy atom. The first-order valence-corrected chi connectivity index (χ1v) is 4.69. The van der Waals surface area contributed by atoms with Crippen molar-refractivity contribution >= 4 is 5.96 Å². The third-order valence-electron chi connectivity index (χ3n) is 2.15. The highest BCUT2D eigenvalue weighted by molar-refractivity contribution is 5.79. The summed E-state index contributed by atoms with van der Waals surface area (Å²) in [5, 5.41) is 0. The molecule has 0 aromatic rings. The number of guanidine groups is 1. The van der Waals surface area contributed by atoms with E-state index in [1.54, 1.807) is 7.05 Å². The zero-order chi connectivity index (χ0) is 10.4. The van der Waals surface area contributed by atoms with Gasteiger partial charge in [0.2, 0.25) is 5.96 Å². The summed E-state index contributed by atoms with van der Waals surface area (Å²) in [7, 11) is 3.73. The van der Waals surface area contributed by atoms with Crippen molar-refractivity contribution in [3.05, 3.63) is 0 Å². The third kappa shape index (κ3) is 4.12. The van der Waals surface area contributed by atoms with Gasteiger partial charge in [-0.25, -0.2) is 5.84 Å². The second-order valence-corrected chi connectivity index (χ2v) is 3.78. The molecule has 0 bridgehead atoms. The molecule has 0 aromatic heterocycles. The number of rotatable bonds is 3. The van der Waals surface area contributed by atoms with Gasteiger partial charge in [-0.05, 0) is 19.3 Å². The highest BCUT2D eigenvalue weighted by Gasteiger charge is 2.13. The van der Waals surface area contributed by atoms with Gasteiger partial charge in [-0.15, -0.1) is 0 Å². The Labute approximate surface area is 81.2 Å². The quantitative estimate of drug-likeness (QED) is 0.297. The summed E-state index contributed by atoms with van der Waals surface area (Å²) in [5.41, 5.74) is 2.58. The topological polar surface area (TPSA) is 53.6 Å². The van der Waals surface area contributed by atoms with Crippen molar-refractivity contribution in [2.45, 2.75) is 33.2 Å². The Kier molecular flexibility index (Phi) is 5.46. The third-order valence-corrected chi connectivity index (χ3v) is 2.15. The van der Waals surface area contributed by atoms with Crippen LogP contribution >= 0.6 is 0 Å². The van der Waals surface area contributed by atoms with Crippen molar-refractivity contribution in [3.63, 3.8) is 0 Å². The van der Waals surface area contributed by atoms with Crippen molar-refractivity contribution < 1.29 is 0 Å². The van der Waals surface area contributed by atoms with Gasteiger partial charge in [0.15, 0.2) is 0 Å². The Morgan fingerprint density at radius 1 is 1.46 bits per heavy atom. The van der Waals surface area contributed by atoms with Gasteiger partial charge in [0, 0.05) is 20.1 Å². The van der Waals surface area contributed by atoms with Crippen molar-refractivity contribution in [1.82, 2.24) is 10.3 Å². The number of aliphatic imine (C=N–C) groups is 1. The summed E-state index contributed by atoms with van der Waals surface area (Å²) < 4.78 is 0. The maximum absolute atomic E-state index is 5.33. The summed E-state index contributed by atoms with van der Waals surface area (Å²) >= 11 is 0. The molecule has 0 aliphatic heterocycles. The average Bonchev–Trinajstić information content (AvgIpc) is 2.05. The molecule has 0 amide bonds. The van der Waals surface area contributed by atoms with Crippen LogP contribution < -0.4 is 11.3 Å². The van der Waals surface area contributed by atoms with E-state index in [1.807, 2.05) is 7.05 Å². The first kappa shape index (κ1) is 12.2. The number of nitrogens with two attached hydrogens (primary N) is 1. The van der Waals surface area contributed by atoms with Gasteiger partial charge in [0.25, 0.3) is 0 Å². The Balaban J connectivity index is 4.15. The van der Waals surface area contributed by atoms with Gasteiger partial charge in [-0.2, -0.15) is 0 Å². The molecule has 1 unspecified atom stereocenters. The minimum absolute atomic E-state index is 0.453. The predicted octanol–water partition coefficient (Wildman–Crippen LogP) is 0.802. The van der Waals surface area contributed by atoms with Gasteiger partial charge in [-0.1, -0.05) is 13.8 Å². The highest BCUT2D eigenvalue weighted by Crippen LogP contribution is 2.09. The van der Waals surface area contributed by atoms with Crippen LogP contribution in [-0.2, 0) is 0 Å². The van der Waals surface area contributed by atoms with Gasteiger partial charge in [0.05, 0.1) is 0 Å². The summed E-state index contributed by atoms with van der Waals surface area (Å²) in [5.74, 6) is 6.75. The van der Waals surface area contributed by atoms with Crippen LogP contribution in [0, 0.1) is 5.92 Å². The van der Waals surface area contributed by atoms with Crippen LogP contribution in [0.2, 0.25) is 0 Å². The Hall–Kier alpha value is -0.770. The lowest BCUT2D eigenvalue weighted by molar-refractivity contribution is 0.324. The standard InChI is InChI=1S/C9H22N4/c1-7(2)6-8(3)13(5)9(11-4)12-10/h7-8H,6,10H2,1-5H3,(H,11,12). The molecule has 4 heteroatoms. The first-order valence-electron chi connectivity index (χ1n) is 4.69. The molecule has 0 saturated carbocycles. The molecule has 0 spiro atoms. The number of nitrogens with zero attached hydrogens (tertiary/aromatic N) is 2. The molecule has 1 atom stereocenters. The van der Waals surface area contributed by atoms with E-state index in [9.17, 15) is 0 Å². The maximum atomic E-state index is 5.33. The van der Waals surface area contributed by atoms with Gasteiger partial charge in [0.1, 0.15) is 0 Å². The molecule has 0 fully saturated rings. The second-order valence-electron chi connectivity index (χ2n) is 3.78. The molecule has 3 N–H and O–H groups in total. The molecule has 0 saturated heterocycles. The van der Waals surface area contributed by atoms with Crippen LogP contribution in [0.1, 0.15) is 27.2 Å². The molecule has 0 rings (SSSR count). The number of hydrogen-bond acceptors (Lipinski definition) is 2. The fraction of sp³-hybridized carbons (Fsp3) is 0.889. The lowest BCUT2D eigenvalue weighted by Gasteiger charge is -2.28. The fourth-order valence-electron chi connectivity index (χ4n) is 1.37. The lowest BCUT2D eigenvalue weighted by Crippen LogP contribution is -2.46. The molecule has 0 aliphatic carbocycles. The molecule has 0 radical (unpaired) electrons. The molecule has 4 nitrogen and oxygen atoms in total. The molecule has 0 heterocycles. The van der Waals surface area contributed by atoms with Gasteiger partial charge < -0.3 is 4.90 Å². The van der Waals surface area contributed by atoms with E-state index in [0.29, 0.717) is 12.0 Å². The Bertz CT molecular complexity index is 165. The van der Waals surface area contributed by atoms with Gasteiger partial charge in [-0.3, -0.25) is 10.4 Å². The summed E-state index contributed by atoms with van der Waals surface area (Å²) in [6, 6.07) is 0.453. The smallest absolute Gasteiger partial charge is 0.208 e. The van der Waals surface area contributed by atoms with Crippen LogP contribution in [-0.4, -0.2) is 31.0 Å². The van der Waals surface area contributed by atoms with E-state index < -0.39 is 0 Å². The predicted molar refractivity (Wildman–Crippen MR) is 57.4 cm³/mol. The minimum atomic E-state index is 0.453. The first-order chi connectivity index (χ1) is 6.02. The van der Waals surface area contributed by atoms with Crippen LogP contribution in [0.5, 0.6) is 0 Å². The highest BCUT2D eigenvalue weighted by atomic mass is 15.4. The SMILES string of the molecule is CN=C(NN)N(C)C(C)CC(C)C. The van der Waals surface area contributed by atoms with Gasteiger partial charge >= 0.3 is 0 Å². The molecule has 0 aromatic carbocycles. The molecular weight excluding hydrogens is 164 g/mol. The molecule has 78 valence electrons. The van der Waals surface area contributed by atoms with Crippen LogP contribution in [0.15, 0.2) is 4.99 Å². The van der Waals surface area contributed by atoms with E-state index in [2.05, 4.69) is 36.1 Å². The molecule has 0 aliphatic rings. The summed E-state index contributed by atoms with van der Waals surface area (Å²) in [6.07, 6.45) is 1.14. The van der Waals surface area contributed by atoms with E-state index in [4.69, 9.17) is 5.84 Å². The zero-order valence-electron chi connectivity index (χ0n) is 9.33. The largest absolute Gasteiger partial charge is 0.342 e. The Morgan fingerprint density at radius 2 is 2.00 bits per heavy atom. The van der Waals surface area contributed by atoms with Crippen molar-refractivity contribution in [3.8, 4) is 0 Å². The van der Waals surface area contributed by atoms with Crippen LogP contribution in [0.4, 0.5) is 0 Å². The van der Waals surface area contributed by atoms with Crippen molar-refractivity contribution in [1.29, 1.82) is 0 Å². The average molecular weight is 186 g/mol. The summed E-state index contributed by atoms with van der Waals surface area (Å²) in [6.45, 7) is 6.59. The zero-order valence-corrected chi connectivity index (χ0v) is 9.33. The van der Waals surface area contributed by atoms with Crippen molar-refractivity contribution in [2.24, 2.45) is 16.8 Å². The van der Waals surface area contributed by atoms with Crippen LogP contribution in [0.25, 0.3) is 0 Å². The number of hydrazine groups is 1. The van der Waals surface area contributed by atoms with E-state index >= 15 is 0 Å².